The third-order valence-electron chi connectivity index (χ3n) is 3.90. The molecule has 1 aliphatic rings. The molecule has 0 aromatic carbocycles. The zero-order chi connectivity index (χ0) is 16.8. The summed E-state index contributed by atoms with van der Waals surface area (Å²) in [5, 5.41) is 14.7. The molecule has 1 aromatic rings. The molecule has 23 heavy (non-hydrogen) atoms. The normalized spacial score (nSPS) is 13.4. The molecule has 0 radical (unpaired) electrons. The number of fused-ring (bicyclic) bond motifs is 1. The van der Waals surface area contributed by atoms with Crippen LogP contribution in [0.25, 0.3) is 0 Å². The Labute approximate surface area is 140 Å². The summed E-state index contributed by atoms with van der Waals surface area (Å²) < 4.78 is 0. The van der Waals surface area contributed by atoms with Gasteiger partial charge in [-0.3, -0.25) is 4.79 Å². The number of quaternary nitrogens is 1. The topological polar surface area (TPSA) is 73.7 Å². The lowest BCUT2D eigenvalue weighted by molar-refractivity contribution is -0.879. The summed E-state index contributed by atoms with van der Waals surface area (Å²) in [7, 11) is 0. The number of aromatic carboxylic acids is 1. The molecule has 6 heteroatoms. The summed E-state index contributed by atoms with van der Waals surface area (Å²) in [4.78, 5) is 25.8. The molecule has 0 aliphatic heterocycles. The lowest BCUT2D eigenvalue weighted by atomic mass is 9.95. The Hall–Kier alpha value is -1.92. The van der Waals surface area contributed by atoms with E-state index in [1.165, 1.54) is 11.3 Å². The van der Waals surface area contributed by atoms with Crippen molar-refractivity contribution < 1.29 is 19.6 Å². The van der Waals surface area contributed by atoms with Crippen molar-refractivity contribution >= 4 is 28.2 Å². The van der Waals surface area contributed by atoms with Crippen LogP contribution in [-0.4, -0.2) is 31.5 Å². The molecule has 2 N–H and O–H groups in total. The number of carboxylic acids is 1. The molecule has 1 heterocycles. The van der Waals surface area contributed by atoms with Crippen molar-refractivity contribution in [1.29, 1.82) is 0 Å². The molecule has 0 saturated carbocycles. The summed E-state index contributed by atoms with van der Waals surface area (Å²) in [6.45, 7) is 8.91. The van der Waals surface area contributed by atoms with Gasteiger partial charge < -0.3 is 20.1 Å². The molecule has 0 unspecified atom stereocenters. The zero-order valence-electron chi connectivity index (χ0n) is 13.2. The van der Waals surface area contributed by atoms with Gasteiger partial charge in [-0.25, -0.2) is 0 Å². The molecule has 1 aliphatic carbocycles. The second kappa shape index (κ2) is 8.08. The van der Waals surface area contributed by atoms with E-state index in [2.05, 4.69) is 18.5 Å². The lowest BCUT2D eigenvalue weighted by Crippen LogP contribution is -3.12. The first-order chi connectivity index (χ1) is 11.1. The number of carboxylic acid groups (broad SMARTS) is 1. The van der Waals surface area contributed by atoms with E-state index >= 15 is 0 Å². The first-order valence-corrected chi connectivity index (χ1v) is 8.59. The largest absolute Gasteiger partial charge is 0.545 e. The van der Waals surface area contributed by atoms with Crippen LogP contribution in [0.5, 0.6) is 0 Å². The van der Waals surface area contributed by atoms with Crippen LogP contribution in [0.1, 0.15) is 33.6 Å². The molecule has 0 spiro atoms. The van der Waals surface area contributed by atoms with E-state index in [0.29, 0.717) is 18.1 Å². The van der Waals surface area contributed by atoms with Gasteiger partial charge in [-0.2, -0.15) is 0 Å². The molecule has 0 atom stereocenters. The van der Waals surface area contributed by atoms with Gasteiger partial charge in [0.25, 0.3) is 5.91 Å². The molecule has 124 valence electrons. The fourth-order valence-corrected chi connectivity index (χ4v) is 4.20. The van der Waals surface area contributed by atoms with Crippen LogP contribution in [0, 0.1) is 0 Å². The molecule has 0 saturated heterocycles. The van der Waals surface area contributed by atoms with Gasteiger partial charge in [-0.1, -0.05) is 13.2 Å². The fourth-order valence-electron chi connectivity index (χ4n) is 2.90. The van der Waals surface area contributed by atoms with Crippen molar-refractivity contribution in [1.82, 2.24) is 0 Å². The first kappa shape index (κ1) is 17.4. The van der Waals surface area contributed by atoms with Crippen molar-refractivity contribution in [3.05, 3.63) is 41.3 Å². The summed E-state index contributed by atoms with van der Waals surface area (Å²) in [5.41, 5.74) is 1.02. The summed E-state index contributed by atoms with van der Waals surface area (Å²) in [6, 6.07) is 0. The molecule has 5 nitrogen and oxygen atoms in total. The number of hydrogen-bond acceptors (Lipinski definition) is 4. The van der Waals surface area contributed by atoms with Gasteiger partial charge in [0, 0.05) is 10.4 Å². The maximum atomic E-state index is 12.3. The van der Waals surface area contributed by atoms with Gasteiger partial charge >= 0.3 is 0 Å². The van der Waals surface area contributed by atoms with Crippen molar-refractivity contribution in [2.75, 3.05) is 25.0 Å². The molecule has 2 rings (SSSR count). The van der Waals surface area contributed by atoms with Crippen LogP contribution < -0.4 is 15.3 Å². The fraction of sp³-hybridized carbons (Fsp3) is 0.412. The number of amides is 1. The van der Waals surface area contributed by atoms with Crippen LogP contribution in [0.3, 0.4) is 0 Å². The number of hydrogen-bond donors (Lipinski definition) is 2. The molecule has 0 fully saturated rings. The maximum Gasteiger partial charge on any atom is 0.280 e. The minimum atomic E-state index is -1.21. The van der Waals surface area contributed by atoms with E-state index in [0.717, 1.165) is 41.0 Å². The number of rotatable bonds is 8. The van der Waals surface area contributed by atoms with Crippen LogP contribution >= 0.6 is 11.3 Å². The van der Waals surface area contributed by atoms with E-state index in [1.807, 2.05) is 0 Å². The van der Waals surface area contributed by atoms with Crippen LogP contribution in [0.15, 0.2) is 25.3 Å². The minimum Gasteiger partial charge on any atom is -0.545 e. The van der Waals surface area contributed by atoms with Crippen LogP contribution in [0.2, 0.25) is 0 Å². The number of aryl methyl sites for hydroxylation is 1. The highest BCUT2D eigenvalue weighted by Gasteiger charge is 2.23. The highest BCUT2D eigenvalue weighted by Crippen LogP contribution is 2.37. The van der Waals surface area contributed by atoms with Crippen molar-refractivity contribution in [2.24, 2.45) is 0 Å². The Morgan fingerprint density at radius 2 is 1.87 bits per heavy atom. The number of nitrogens with one attached hydrogen (secondary N) is 2. The lowest BCUT2D eigenvalue weighted by Gasteiger charge is -2.16. The number of carbonyl (C=O) groups is 2. The second-order valence-corrected chi connectivity index (χ2v) is 6.77. The summed E-state index contributed by atoms with van der Waals surface area (Å²) >= 11 is 1.37. The molecule has 1 aromatic heterocycles. The highest BCUT2D eigenvalue weighted by atomic mass is 32.1. The quantitative estimate of drug-likeness (QED) is 0.667. The Kier molecular flexibility index (Phi) is 6.12. The maximum absolute atomic E-state index is 12.3. The van der Waals surface area contributed by atoms with Crippen LogP contribution in [0.4, 0.5) is 5.00 Å². The number of thiophene rings is 1. The standard InChI is InChI=1S/C17H22N2O3S/c1-3-9-19(10-4-2)11-14(20)18-16-15(17(21)22)12-7-5-6-8-13(12)23-16/h3-4H,1-2,5-11H2,(H,18,20)(H,21,22). The third kappa shape index (κ3) is 4.30. The van der Waals surface area contributed by atoms with Crippen molar-refractivity contribution in [3.63, 3.8) is 0 Å². The molecular formula is C17H22N2O3S. The van der Waals surface area contributed by atoms with Crippen molar-refractivity contribution in [2.45, 2.75) is 25.7 Å². The van der Waals surface area contributed by atoms with Crippen molar-refractivity contribution in [3.8, 4) is 0 Å². The second-order valence-electron chi connectivity index (χ2n) is 5.66. The van der Waals surface area contributed by atoms with Gasteiger partial charge in [0.15, 0.2) is 6.54 Å². The van der Waals surface area contributed by atoms with E-state index in [-0.39, 0.29) is 18.0 Å². The van der Waals surface area contributed by atoms with E-state index in [9.17, 15) is 14.7 Å². The van der Waals surface area contributed by atoms with E-state index < -0.39 is 5.97 Å². The minimum absolute atomic E-state index is 0.173. The Morgan fingerprint density at radius 3 is 2.48 bits per heavy atom. The Balaban J connectivity index is 2.14. The first-order valence-electron chi connectivity index (χ1n) is 7.77. The highest BCUT2D eigenvalue weighted by molar-refractivity contribution is 7.17. The van der Waals surface area contributed by atoms with Gasteiger partial charge in [0.2, 0.25) is 0 Å². The molecule has 0 bridgehead atoms. The molecule has 1 amide bonds. The monoisotopic (exact) mass is 334 g/mol. The SMILES string of the molecule is C=CC[NH+](CC=C)CC(=O)Nc1sc2c(c1C(=O)[O-])CCCC2. The van der Waals surface area contributed by atoms with E-state index in [4.69, 9.17) is 0 Å². The predicted molar refractivity (Wildman–Crippen MR) is 89.9 cm³/mol. The zero-order valence-corrected chi connectivity index (χ0v) is 14.0. The van der Waals surface area contributed by atoms with Gasteiger partial charge in [0.1, 0.15) is 5.00 Å². The number of anilines is 1. The van der Waals surface area contributed by atoms with Crippen LogP contribution in [-0.2, 0) is 17.6 Å². The smallest absolute Gasteiger partial charge is 0.280 e. The van der Waals surface area contributed by atoms with Gasteiger partial charge in [0.05, 0.1) is 19.1 Å². The Bertz CT molecular complexity index is 612. The summed E-state index contributed by atoms with van der Waals surface area (Å²) in [5.74, 6) is -1.41. The Morgan fingerprint density at radius 1 is 1.22 bits per heavy atom. The average Bonchev–Trinajstić information content (AvgIpc) is 2.85. The van der Waals surface area contributed by atoms with Gasteiger partial charge in [-0.05, 0) is 43.4 Å². The number of carbonyl (C=O) groups excluding carboxylic acids is 2. The summed E-state index contributed by atoms with van der Waals surface area (Å²) in [6.07, 6.45) is 7.17. The molecular weight excluding hydrogens is 312 g/mol. The third-order valence-corrected chi connectivity index (χ3v) is 5.11. The van der Waals surface area contributed by atoms with E-state index in [1.54, 1.807) is 12.2 Å². The van der Waals surface area contributed by atoms with Gasteiger partial charge in [-0.15, -0.1) is 11.3 Å². The predicted octanol–water partition coefficient (Wildman–Crippen LogP) is 0.186. The average molecular weight is 334 g/mol.